The summed E-state index contributed by atoms with van der Waals surface area (Å²) in [6, 6.07) is 5.99. The van der Waals surface area contributed by atoms with E-state index in [0.717, 1.165) is 16.5 Å². The van der Waals surface area contributed by atoms with Gasteiger partial charge in [-0.2, -0.15) is 0 Å². The second kappa shape index (κ2) is 5.51. The summed E-state index contributed by atoms with van der Waals surface area (Å²) in [5.41, 5.74) is 2.33. The predicted octanol–water partition coefficient (Wildman–Crippen LogP) is 2.42. The van der Waals surface area contributed by atoms with E-state index in [9.17, 15) is 4.79 Å². The average molecular weight is 300 g/mol. The monoisotopic (exact) mass is 299 g/mol. The van der Waals surface area contributed by atoms with Gasteiger partial charge in [0.15, 0.2) is 0 Å². The Bertz CT molecular complexity index is 422. The molecule has 1 amide bonds. The van der Waals surface area contributed by atoms with Crippen LogP contribution in [0.1, 0.15) is 17.2 Å². The van der Waals surface area contributed by atoms with Crippen LogP contribution in [0.3, 0.4) is 0 Å². The molecule has 1 N–H and O–H groups in total. The number of nitrogens with one attached hydrogen (secondary N) is 1. The Morgan fingerprint density at radius 3 is 3.24 bits per heavy atom. The third-order valence-corrected chi connectivity index (χ3v) is 3.49. The third kappa shape index (κ3) is 2.79. The van der Waals surface area contributed by atoms with Crippen LogP contribution in [-0.4, -0.2) is 26.4 Å². The predicted molar refractivity (Wildman–Crippen MR) is 66.9 cm³/mol. The van der Waals surface area contributed by atoms with Crippen LogP contribution in [-0.2, 0) is 15.9 Å². The fraction of sp³-hybridized carbons (Fsp3) is 0.417. The number of hydrogen-bond donors (Lipinski definition) is 1. The second-order valence-electron chi connectivity index (χ2n) is 3.77. The molecule has 1 aromatic carbocycles. The summed E-state index contributed by atoms with van der Waals surface area (Å²) in [5.74, 6) is 0. The van der Waals surface area contributed by atoms with E-state index in [-0.39, 0.29) is 12.7 Å². The molecule has 0 bridgehead atoms. The van der Waals surface area contributed by atoms with Crippen LogP contribution < -0.4 is 5.32 Å². The van der Waals surface area contributed by atoms with Gasteiger partial charge < -0.3 is 14.8 Å². The molecule has 5 heteroatoms. The minimum atomic E-state index is -0.435. The van der Waals surface area contributed by atoms with Crippen molar-refractivity contribution in [3.63, 3.8) is 0 Å². The lowest BCUT2D eigenvalue weighted by Crippen LogP contribution is -2.26. The molecule has 0 fully saturated rings. The van der Waals surface area contributed by atoms with E-state index >= 15 is 0 Å². The van der Waals surface area contributed by atoms with Crippen molar-refractivity contribution >= 4 is 22.0 Å². The van der Waals surface area contributed by atoms with Crippen molar-refractivity contribution in [1.82, 2.24) is 5.32 Å². The van der Waals surface area contributed by atoms with Gasteiger partial charge in [-0.15, -0.1) is 0 Å². The normalized spacial score (nSPS) is 18.4. The lowest BCUT2D eigenvalue weighted by atomic mass is 9.98. The van der Waals surface area contributed by atoms with E-state index in [1.54, 1.807) is 0 Å². The third-order valence-electron chi connectivity index (χ3n) is 2.74. The molecule has 17 heavy (non-hydrogen) atoms. The lowest BCUT2D eigenvalue weighted by Gasteiger charge is -2.26. The van der Waals surface area contributed by atoms with Gasteiger partial charge in [0.2, 0.25) is 0 Å². The Morgan fingerprint density at radius 1 is 1.65 bits per heavy atom. The van der Waals surface area contributed by atoms with Gasteiger partial charge in [0.25, 0.3) is 0 Å². The highest BCUT2D eigenvalue weighted by atomic mass is 79.9. The number of fused-ring (bicyclic) bond motifs is 1. The Kier molecular flexibility index (Phi) is 4.02. The van der Waals surface area contributed by atoms with Crippen LogP contribution in [0.25, 0.3) is 0 Å². The highest BCUT2D eigenvalue weighted by molar-refractivity contribution is 9.10. The summed E-state index contributed by atoms with van der Waals surface area (Å²) >= 11 is 3.53. The van der Waals surface area contributed by atoms with E-state index in [1.165, 1.54) is 12.6 Å². The van der Waals surface area contributed by atoms with Crippen LogP contribution >= 0.6 is 15.9 Å². The maximum absolute atomic E-state index is 11.0. The number of ether oxygens (including phenoxy) is 2. The number of rotatable bonds is 2. The highest BCUT2D eigenvalue weighted by Crippen LogP contribution is 2.32. The van der Waals surface area contributed by atoms with Crippen LogP contribution in [0.4, 0.5) is 4.79 Å². The van der Waals surface area contributed by atoms with Gasteiger partial charge in [-0.3, -0.25) is 0 Å². The number of hydrogen-bond acceptors (Lipinski definition) is 3. The Labute approximate surface area is 108 Å². The van der Waals surface area contributed by atoms with Crippen molar-refractivity contribution in [2.45, 2.75) is 12.5 Å². The lowest BCUT2D eigenvalue weighted by molar-refractivity contribution is -0.00372. The molecule has 0 saturated carbocycles. The van der Waals surface area contributed by atoms with E-state index in [2.05, 4.69) is 21.2 Å². The van der Waals surface area contributed by atoms with Crippen molar-refractivity contribution < 1.29 is 14.3 Å². The first-order valence-corrected chi connectivity index (χ1v) is 6.25. The Morgan fingerprint density at radius 2 is 2.47 bits per heavy atom. The molecular formula is C12H14BrNO3. The highest BCUT2D eigenvalue weighted by Gasteiger charge is 2.23. The first kappa shape index (κ1) is 12.4. The fourth-order valence-electron chi connectivity index (χ4n) is 1.90. The number of carbonyl (C=O) groups excluding carboxylic acids is 1. The van der Waals surface area contributed by atoms with Crippen molar-refractivity contribution in [1.29, 1.82) is 0 Å². The van der Waals surface area contributed by atoms with E-state index in [4.69, 9.17) is 9.47 Å². The number of alkyl carbamates (subject to hydrolysis) is 1. The molecule has 1 aliphatic rings. The van der Waals surface area contributed by atoms with Crippen LogP contribution in [0.5, 0.6) is 0 Å². The average Bonchev–Trinajstić information content (AvgIpc) is 2.36. The second-order valence-corrected chi connectivity index (χ2v) is 4.62. The quantitative estimate of drug-likeness (QED) is 0.912. The minimum absolute atomic E-state index is 0.173. The molecule has 4 nitrogen and oxygen atoms in total. The van der Waals surface area contributed by atoms with Gasteiger partial charge >= 0.3 is 6.09 Å². The largest absolute Gasteiger partial charge is 0.446 e. The summed E-state index contributed by atoms with van der Waals surface area (Å²) in [4.78, 5) is 11.0. The summed E-state index contributed by atoms with van der Waals surface area (Å²) < 4.78 is 11.8. The molecule has 2 rings (SSSR count). The topological polar surface area (TPSA) is 47.6 Å². The molecule has 0 aromatic heterocycles. The Hall–Kier alpha value is -1.07. The van der Waals surface area contributed by atoms with Crippen LogP contribution in [0.2, 0.25) is 0 Å². The summed E-state index contributed by atoms with van der Waals surface area (Å²) in [6.07, 6.45) is 0.275. The Balaban J connectivity index is 2.12. The maximum Gasteiger partial charge on any atom is 0.406 e. The van der Waals surface area contributed by atoms with Gasteiger partial charge in [-0.1, -0.05) is 28.1 Å². The SMILES string of the molecule is CNC(=O)OCC1OCCc2c(Br)cccc21. The molecule has 1 heterocycles. The fourth-order valence-corrected chi connectivity index (χ4v) is 2.47. The molecule has 0 radical (unpaired) electrons. The van der Waals surface area contributed by atoms with Crippen LogP contribution in [0.15, 0.2) is 22.7 Å². The first-order chi connectivity index (χ1) is 8.22. The molecule has 0 saturated heterocycles. The zero-order valence-corrected chi connectivity index (χ0v) is 11.1. The zero-order chi connectivity index (χ0) is 12.3. The van der Waals surface area contributed by atoms with Gasteiger partial charge in [-0.25, -0.2) is 4.79 Å². The first-order valence-electron chi connectivity index (χ1n) is 5.45. The van der Waals surface area contributed by atoms with Crippen molar-refractivity contribution in [3.8, 4) is 0 Å². The number of amides is 1. The van der Waals surface area contributed by atoms with Crippen molar-refractivity contribution in [2.24, 2.45) is 0 Å². The van der Waals surface area contributed by atoms with E-state index in [1.807, 2.05) is 18.2 Å². The van der Waals surface area contributed by atoms with Gasteiger partial charge in [-0.05, 0) is 23.6 Å². The summed E-state index contributed by atoms with van der Waals surface area (Å²) in [5, 5.41) is 2.41. The number of carbonyl (C=O) groups is 1. The maximum atomic E-state index is 11.0. The number of benzene rings is 1. The van der Waals surface area contributed by atoms with E-state index < -0.39 is 6.09 Å². The molecule has 1 aliphatic heterocycles. The van der Waals surface area contributed by atoms with Crippen LogP contribution in [0, 0.1) is 0 Å². The summed E-state index contributed by atoms with van der Waals surface area (Å²) in [7, 11) is 1.54. The standard InChI is InChI=1S/C12H14BrNO3/c1-14-12(15)17-7-11-9-3-2-4-10(13)8(9)5-6-16-11/h2-4,11H,5-7H2,1H3,(H,14,15). The summed E-state index contributed by atoms with van der Waals surface area (Å²) in [6.45, 7) is 0.889. The van der Waals surface area contributed by atoms with Gasteiger partial charge in [0.1, 0.15) is 12.7 Å². The van der Waals surface area contributed by atoms with Gasteiger partial charge in [0.05, 0.1) is 6.61 Å². The molecular weight excluding hydrogens is 286 g/mol. The molecule has 1 atom stereocenters. The van der Waals surface area contributed by atoms with Gasteiger partial charge in [0, 0.05) is 11.5 Å². The molecule has 92 valence electrons. The molecule has 1 aromatic rings. The molecule has 1 unspecified atom stereocenters. The van der Waals surface area contributed by atoms with Crippen molar-refractivity contribution in [3.05, 3.63) is 33.8 Å². The zero-order valence-electron chi connectivity index (χ0n) is 9.53. The smallest absolute Gasteiger partial charge is 0.406 e. The minimum Gasteiger partial charge on any atom is -0.446 e. The molecule has 0 spiro atoms. The molecule has 0 aliphatic carbocycles. The van der Waals surface area contributed by atoms with E-state index in [0.29, 0.717) is 6.61 Å². The number of halogens is 1. The van der Waals surface area contributed by atoms with Crippen molar-refractivity contribution in [2.75, 3.05) is 20.3 Å².